The third-order valence-corrected chi connectivity index (χ3v) is 4.86. The van der Waals surface area contributed by atoms with Gasteiger partial charge in [0.05, 0.1) is 6.10 Å². The maximum absolute atomic E-state index is 10.4. The molecule has 1 rings (SSSR count). The molecule has 0 saturated carbocycles. The SMILES string of the molecule is CCCN1CCC(O)C(C)(CCC)C1(C)C. The molecule has 1 aliphatic heterocycles. The van der Waals surface area contributed by atoms with E-state index in [9.17, 15) is 5.11 Å². The van der Waals surface area contributed by atoms with E-state index in [0.717, 1.165) is 32.4 Å². The van der Waals surface area contributed by atoms with Gasteiger partial charge in [-0.3, -0.25) is 4.90 Å². The van der Waals surface area contributed by atoms with Crippen LogP contribution in [-0.4, -0.2) is 34.7 Å². The lowest BCUT2D eigenvalue weighted by atomic mass is 9.62. The van der Waals surface area contributed by atoms with Gasteiger partial charge in [0.25, 0.3) is 0 Å². The Bertz CT molecular complexity index is 227. The van der Waals surface area contributed by atoms with Crippen LogP contribution in [0.15, 0.2) is 0 Å². The summed E-state index contributed by atoms with van der Waals surface area (Å²) in [7, 11) is 0. The van der Waals surface area contributed by atoms with Crippen LogP contribution in [0.3, 0.4) is 0 Å². The van der Waals surface area contributed by atoms with E-state index < -0.39 is 0 Å². The van der Waals surface area contributed by atoms with Crippen LogP contribution in [0.4, 0.5) is 0 Å². The van der Waals surface area contributed by atoms with Crippen molar-refractivity contribution < 1.29 is 5.11 Å². The molecule has 1 aliphatic rings. The highest BCUT2D eigenvalue weighted by Crippen LogP contribution is 2.47. The summed E-state index contributed by atoms with van der Waals surface area (Å²) in [5.74, 6) is 0. The van der Waals surface area contributed by atoms with Crippen LogP contribution in [0, 0.1) is 5.41 Å². The third-order valence-electron chi connectivity index (χ3n) is 4.86. The summed E-state index contributed by atoms with van der Waals surface area (Å²) in [5, 5.41) is 10.4. The molecule has 0 aromatic heterocycles. The Labute approximate surface area is 101 Å². The fourth-order valence-electron chi connectivity index (χ4n) is 3.30. The highest BCUT2D eigenvalue weighted by molar-refractivity contribution is 5.04. The smallest absolute Gasteiger partial charge is 0.0623 e. The van der Waals surface area contributed by atoms with Crippen molar-refractivity contribution >= 4 is 0 Å². The minimum Gasteiger partial charge on any atom is -0.392 e. The lowest BCUT2D eigenvalue weighted by Gasteiger charge is -2.57. The molecule has 0 aromatic carbocycles. The second-order valence-corrected chi connectivity index (χ2v) is 6.02. The van der Waals surface area contributed by atoms with Crippen LogP contribution < -0.4 is 0 Å². The first kappa shape index (κ1) is 14.0. The number of aliphatic hydroxyl groups is 1. The summed E-state index contributed by atoms with van der Waals surface area (Å²) in [5.41, 5.74) is 0.145. The molecule has 2 nitrogen and oxygen atoms in total. The van der Waals surface area contributed by atoms with Crippen LogP contribution in [0.25, 0.3) is 0 Å². The fraction of sp³-hybridized carbons (Fsp3) is 1.00. The van der Waals surface area contributed by atoms with E-state index in [-0.39, 0.29) is 17.1 Å². The molecular formula is C14H29NO. The Balaban J connectivity index is 2.93. The number of rotatable bonds is 4. The van der Waals surface area contributed by atoms with Gasteiger partial charge >= 0.3 is 0 Å². The number of piperidine rings is 1. The van der Waals surface area contributed by atoms with Gasteiger partial charge in [0, 0.05) is 17.5 Å². The second kappa shape index (κ2) is 5.05. The molecule has 0 radical (unpaired) electrons. The van der Waals surface area contributed by atoms with Gasteiger partial charge in [-0.25, -0.2) is 0 Å². The van der Waals surface area contributed by atoms with Crippen molar-refractivity contribution in [1.29, 1.82) is 0 Å². The van der Waals surface area contributed by atoms with E-state index in [4.69, 9.17) is 0 Å². The number of aliphatic hydroxyl groups excluding tert-OH is 1. The molecule has 16 heavy (non-hydrogen) atoms. The van der Waals surface area contributed by atoms with Crippen molar-refractivity contribution in [2.24, 2.45) is 5.41 Å². The first-order chi connectivity index (χ1) is 7.40. The first-order valence-electron chi connectivity index (χ1n) is 6.83. The van der Waals surface area contributed by atoms with Crippen molar-refractivity contribution in [3.05, 3.63) is 0 Å². The predicted octanol–water partition coefficient (Wildman–Crippen LogP) is 3.05. The third kappa shape index (κ3) is 2.14. The fourth-order valence-corrected chi connectivity index (χ4v) is 3.30. The van der Waals surface area contributed by atoms with Crippen LogP contribution in [0.5, 0.6) is 0 Å². The van der Waals surface area contributed by atoms with E-state index in [2.05, 4.69) is 39.5 Å². The summed E-state index contributed by atoms with van der Waals surface area (Å²) >= 11 is 0. The molecule has 0 aliphatic carbocycles. The summed E-state index contributed by atoms with van der Waals surface area (Å²) in [6, 6.07) is 0. The van der Waals surface area contributed by atoms with Gasteiger partial charge in [0.15, 0.2) is 0 Å². The molecule has 0 aromatic rings. The number of likely N-dealkylation sites (tertiary alicyclic amines) is 1. The maximum Gasteiger partial charge on any atom is 0.0623 e. The van der Waals surface area contributed by atoms with Crippen molar-refractivity contribution in [2.75, 3.05) is 13.1 Å². The molecule has 0 amide bonds. The predicted molar refractivity (Wildman–Crippen MR) is 69.6 cm³/mol. The summed E-state index contributed by atoms with van der Waals surface area (Å²) in [4.78, 5) is 2.56. The van der Waals surface area contributed by atoms with Gasteiger partial charge in [-0.05, 0) is 39.7 Å². The molecule has 96 valence electrons. The Morgan fingerprint density at radius 1 is 1.19 bits per heavy atom. The Morgan fingerprint density at radius 3 is 2.31 bits per heavy atom. The molecule has 0 spiro atoms. The second-order valence-electron chi connectivity index (χ2n) is 6.02. The quantitative estimate of drug-likeness (QED) is 0.798. The lowest BCUT2D eigenvalue weighted by molar-refractivity contribution is -0.127. The van der Waals surface area contributed by atoms with E-state index in [0.29, 0.717) is 0 Å². The van der Waals surface area contributed by atoms with Crippen LogP contribution >= 0.6 is 0 Å². The normalized spacial score (nSPS) is 35.2. The lowest BCUT2D eigenvalue weighted by Crippen LogP contribution is -2.64. The Hall–Kier alpha value is -0.0800. The molecule has 1 fully saturated rings. The number of hydrogen-bond acceptors (Lipinski definition) is 2. The average Bonchev–Trinajstić information content (AvgIpc) is 2.21. The van der Waals surface area contributed by atoms with Gasteiger partial charge in [0.2, 0.25) is 0 Å². The van der Waals surface area contributed by atoms with Crippen molar-refractivity contribution in [3.8, 4) is 0 Å². The van der Waals surface area contributed by atoms with Gasteiger partial charge < -0.3 is 5.11 Å². The molecule has 2 unspecified atom stereocenters. The van der Waals surface area contributed by atoms with E-state index in [1.165, 1.54) is 6.42 Å². The molecule has 1 heterocycles. The minimum absolute atomic E-state index is 0.0369. The van der Waals surface area contributed by atoms with Crippen LogP contribution in [0.1, 0.15) is 60.3 Å². The average molecular weight is 227 g/mol. The van der Waals surface area contributed by atoms with E-state index in [1.54, 1.807) is 0 Å². The molecule has 1 N–H and O–H groups in total. The zero-order valence-corrected chi connectivity index (χ0v) is 11.7. The van der Waals surface area contributed by atoms with E-state index >= 15 is 0 Å². The van der Waals surface area contributed by atoms with Gasteiger partial charge in [-0.1, -0.05) is 27.2 Å². The molecule has 2 heteroatoms. The largest absolute Gasteiger partial charge is 0.392 e. The summed E-state index contributed by atoms with van der Waals surface area (Å²) in [6.07, 6.45) is 4.25. The Kier molecular flexibility index (Phi) is 4.42. The number of nitrogens with zero attached hydrogens (tertiary/aromatic N) is 1. The Morgan fingerprint density at radius 2 is 1.81 bits per heavy atom. The minimum atomic E-state index is -0.143. The van der Waals surface area contributed by atoms with Gasteiger partial charge in [0.1, 0.15) is 0 Å². The first-order valence-corrected chi connectivity index (χ1v) is 6.83. The standard InChI is InChI=1S/C14H29NO/c1-6-9-14(5)12(16)8-11-15(10-7-2)13(14,3)4/h12,16H,6-11H2,1-5H3. The highest BCUT2D eigenvalue weighted by atomic mass is 16.3. The molecular weight excluding hydrogens is 198 g/mol. The zero-order chi connectivity index (χ0) is 12.4. The number of hydrogen-bond donors (Lipinski definition) is 1. The molecule has 1 saturated heterocycles. The maximum atomic E-state index is 10.4. The highest BCUT2D eigenvalue weighted by Gasteiger charge is 2.51. The molecule has 0 bridgehead atoms. The van der Waals surface area contributed by atoms with E-state index in [1.807, 2.05) is 0 Å². The topological polar surface area (TPSA) is 23.5 Å². The van der Waals surface area contributed by atoms with Crippen molar-refractivity contribution in [1.82, 2.24) is 4.90 Å². The zero-order valence-electron chi connectivity index (χ0n) is 11.7. The molecule has 2 atom stereocenters. The van der Waals surface area contributed by atoms with Gasteiger partial charge in [-0.15, -0.1) is 0 Å². The van der Waals surface area contributed by atoms with Crippen LogP contribution in [-0.2, 0) is 0 Å². The summed E-state index contributed by atoms with van der Waals surface area (Å²) < 4.78 is 0. The van der Waals surface area contributed by atoms with Crippen LogP contribution in [0.2, 0.25) is 0 Å². The summed E-state index contributed by atoms with van der Waals surface area (Å²) in [6.45, 7) is 13.5. The van der Waals surface area contributed by atoms with Crippen molar-refractivity contribution in [3.63, 3.8) is 0 Å². The van der Waals surface area contributed by atoms with Gasteiger partial charge in [-0.2, -0.15) is 0 Å². The van der Waals surface area contributed by atoms with Crippen molar-refractivity contribution in [2.45, 2.75) is 71.9 Å². The monoisotopic (exact) mass is 227 g/mol.